The Hall–Kier alpha value is -2.15. The van der Waals surface area contributed by atoms with Crippen molar-refractivity contribution in [3.63, 3.8) is 0 Å². The van der Waals surface area contributed by atoms with E-state index < -0.39 is 17.3 Å². The minimum atomic E-state index is -4.72. The van der Waals surface area contributed by atoms with Crippen molar-refractivity contribution >= 4 is 0 Å². The van der Waals surface area contributed by atoms with Crippen LogP contribution in [0.5, 0.6) is 0 Å². The summed E-state index contributed by atoms with van der Waals surface area (Å²) in [5.74, 6) is 0. The summed E-state index contributed by atoms with van der Waals surface area (Å²) in [4.78, 5) is 11.8. The van der Waals surface area contributed by atoms with Crippen LogP contribution in [0.25, 0.3) is 11.3 Å². The Morgan fingerprint density at radius 3 is 2.48 bits per heavy atom. The van der Waals surface area contributed by atoms with E-state index in [2.05, 4.69) is 5.10 Å². The van der Waals surface area contributed by atoms with Gasteiger partial charge in [-0.3, -0.25) is 4.79 Å². The monoisotopic (exact) mass is 298 g/mol. The van der Waals surface area contributed by atoms with Gasteiger partial charge in [-0.25, -0.2) is 4.68 Å². The van der Waals surface area contributed by atoms with Crippen LogP contribution in [0.15, 0.2) is 41.2 Å². The molecule has 2 aromatic rings. The number of alkyl halides is 3. The molecule has 7 heteroatoms. The number of hydrogen-bond donors (Lipinski definition) is 0. The van der Waals surface area contributed by atoms with Gasteiger partial charge in [0.05, 0.1) is 18.8 Å². The number of halogens is 3. The van der Waals surface area contributed by atoms with Crippen molar-refractivity contribution in [3.05, 3.63) is 52.3 Å². The van der Waals surface area contributed by atoms with E-state index in [1.165, 1.54) is 7.11 Å². The fourth-order valence-electron chi connectivity index (χ4n) is 1.82. The first-order chi connectivity index (χ1) is 9.93. The van der Waals surface area contributed by atoms with E-state index in [0.29, 0.717) is 5.56 Å². The quantitative estimate of drug-likeness (QED) is 0.871. The van der Waals surface area contributed by atoms with Crippen molar-refractivity contribution in [3.8, 4) is 11.3 Å². The molecule has 0 N–H and O–H groups in total. The van der Waals surface area contributed by atoms with Gasteiger partial charge in [0.1, 0.15) is 5.56 Å². The average molecular weight is 298 g/mol. The molecule has 1 aromatic heterocycles. The highest BCUT2D eigenvalue weighted by molar-refractivity contribution is 5.59. The maximum atomic E-state index is 13.0. The van der Waals surface area contributed by atoms with Gasteiger partial charge in [0, 0.05) is 12.7 Å². The predicted octanol–water partition coefficient (Wildman–Crippen LogP) is 2.58. The molecule has 0 unspecified atom stereocenters. The number of methoxy groups -OCH3 is 1. The lowest BCUT2D eigenvalue weighted by Gasteiger charge is -2.12. The summed E-state index contributed by atoms with van der Waals surface area (Å²) in [5.41, 5.74) is -1.79. The summed E-state index contributed by atoms with van der Waals surface area (Å²) in [6.45, 7) is 0.0571. The van der Waals surface area contributed by atoms with Crippen LogP contribution in [0.1, 0.15) is 5.56 Å². The molecule has 1 heterocycles. The minimum Gasteiger partial charge on any atom is -0.383 e. The molecule has 2 rings (SSSR count). The first kappa shape index (κ1) is 15.2. The molecule has 0 aliphatic rings. The van der Waals surface area contributed by atoms with Crippen LogP contribution in [0.3, 0.4) is 0 Å². The maximum Gasteiger partial charge on any atom is 0.421 e. The van der Waals surface area contributed by atoms with Crippen LogP contribution in [0, 0.1) is 0 Å². The Kier molecular flexibility index (Phi) is 4.42. The Morgan fingerprint density at radius 2 is 1.90 bits per heavy atom. The highest BCUT2D eigenvalue weighted by atomic mass is 19.4. The van der Waals surface area contributed by atoms with Crippen LogP contribution in [0.4, 0.5) is 13.2 Å². The molecule has 0 aliphatic carbocycles. The smallest absolute Gasteiger partial charge is 0.383 e. The summed E-state index contributed by atoms with van der Waals surface area (Å²) < 4.78 is 44.5. The van der Waals surface area contributed by atoms with Crippen molar-refractivity contribution in [2.45, 2.75) is 12.7 Å². The molecule has 112 valence electrons. The summed E-state index contributed by atoms with van der Waals surface area (Å²) in [6.07, 6.45) is -4.72. The van der Waals surface area contributed by atoms with Gasteiger partial charge >= 0.3 is 6.18 Å². The van der Waals surface area contributed by atoms with E-state index >= 15 is 0 Å². The van der Waals surface area contributed by atoms with Gasteiger partial charge in [-0.1, -0.05) is 30.3 Å². The molecule has 0 fully saturated rings. The number of ether oxygens (including phenoxy) is 1. The molecule has 0 radical (unpaired) electrons. The number of rotatable bonds is 4. The molecule has 21 heavy (non-hydrogen) atoms. The number of nitrogens with zero attached hydrogens (tertiary/aromatic N) is 2. The molecule has 0 amide bonds. The van der Waals surface area contributed by atoms with Crippen molar-refractivity contribution in [1.29, 1.82) is 0 Å². The van der Waals surface area contributed by atoms with Crippen molar-refractivity contribution in [2.75, 3.05) is 13.7 Å². The third kappa shape index (κ3) is 3.49. The summed E-state index contributed by atoms with van der Waals surface area (Å²) in [7, 11) is 1.40. The van der Waals surface area contributed by atoms with Crippen LogP contribution in [0.2, 0.25) is 0 Å². The molecule has 0 atom stereocenters. The van der Waals surface area contributed by atoms with Crippen LogP contribution in [-0.4, -0.2) is 23.5 Å². The molecule has 0 aliphatic heterocycles. The zero-order chi connectivity index (χ0) is 15.5. The Bertz CT molecular complexity index is 666. The van der Waals surface area contributed by atoms with Crippen molar-refractivity contribution in [1.82, 2.24) is 9.78 Å². The topological polar surface area (TPSA) is 44.1 Å². The van der Waals surface area contributed by atoms with E-state index in [1.54, 1.807) is 30.3 Å². The number of hydrogen-bond acceptors (Lipinski definition) is 3. The van der Waals surface area contributed by atoms with Crippen LogP contribution < -0.4 is 5.56 Å². The third-order valence-electron chi connectivity index (χ3n) is 2.86. The van der Waals surface area contributed by atoms with Crippen LogP contribution >= 0.6 is 0 Å². The van der Waals surface area contributed by atoms with Gasteiger partial charge in [-0.15, -0.1) is 0 Å². The molecule has 0 saturated heterocycles. The number of aromatic nitrogens is 2. The van der Waals surface area contributed by atoms with Gasteiger partial charge in [0.15, 0.2) is 0 Å². The fourth-order valence-corrected chi connectivity index (χ4v) is 1.82. The lowest BCUT2D eigenvalue weighted by Crippen LogP contribution is -2.32. The lowest BCUT2D eigenvalue weighted by atomic mass is 10.1. The summed E-state index contributed by atoms with van der Waals surface area (Å²) in [6, 6.07) is 9.17. The first-order valence-corrected chi connectivity index (χ1v) is 6.17. The Balaban J connectivity index is 2.59. The van der Waals surface area contributed by atoms with E-state index in [0.717, 1.165) is 10.7 Å². The van der Waals surface area contributed by atoms with E-state index in [4.69, 9.17) is 4.74 Å². The van der Waals surface area contributed by atoms with E-state index in [-0.39, 0.29) is 18.8 Å². The minimum absolute atomic E-state index is 0.0426. The fraction of sp³-hybridized carbons (Fsp3) is 0.286. The largest absolute Gasteiger partial charge is 0.421 e. The molecule has 0 saturated carbocycles. The highest BCUT2D eigenvalue weighted by Gasteiger charge is 2.35. The van der Waals surface area contributed by atoms with Crippen molar-refractivity contribution in [2.24, 2.45) is 0 Å². The molecular weight excluding hydrogens is 285 g/mol. The standard InChI is InChI=1S/C14H13F3N2O2/c1-21-8-7-19-13(20)11(14(15,16)17)9-12(18-19)10-5-3-2-4-6-10/h2-6,9H,7-8H2,1H3. The second-order valence-electron chi connectivity index (χ2n) is 4.33. The zero-order valence-electron chi connectivity index (χ0n) is 11.2. The Morgan fingerprint density at radius 1 is 1.24 bits per heavy atom. The first-order valence-electron chi connectivity index (χ1n) is 6.17. The molecule has 4 nitrogen and oxygen atoms in total. The van der Waals surface area contributed by atoms with Gasteiger partial charge in [-0.05, 0) is 6.07 Å². The SMILES string of the molecule is COCCn1nc(-c2ccccc2)cc(C(F)(F)F)c1=O. The molecular formula is C14H13F3N2O2. The normalized spacial score (nSPS) is 11.6. The molecule has 1 aromatic carbocycles. The van der Waals surface area contributed by atoms with Crippen molar-refractivity contribution < 1.29 is 17.9 Å². The second kappa shape index (κ2) is 6.09. The van der Waals surface area contributed by atoms with Gasteiger partial charge in [0.2, 0.25) is 0 Å². The van der Waals surface area contributed by atoms with E-state index in [1.807, 2.05) is 0 Å². The van der Waals surface area contributed by atoms with Gasteiger partial charge < -0.3 is 4.74 Å². The molecule has 0 bridgehead atoms. The number of benzene rings is 1. The maximum absolute atomic E-state index is 13.0. The van der Waals surface area contributed by atoms with Crippen LogP contribution in [-0.2, 0) is 17.5 Å². The third-order valence-corrected chi connectivity index (χ3v) is 2.86. The van der Waals surface area contributed by atoms with Gasteiger partial charge in [0.25, 0.3) is 5.56 Å². The summed E-state index contributed by atoms with van der Waals surface area (Å²) >= 11 is 0. The Labute approximate surface area is 118 Å². The zero-order valence-corrected chi connectivity index (χ0v) is 11.2. The van der Waals surface area contributed by atoms with Gasteiger partial charge in [-0.2, -0.15) is 18.3 Å². The second-order valence-corrected chi connectivity index (χ2v) is 4.33. The van der Waals surface area contributed by atoms with E-state index in [9.17, 15) is 18.0 Å². The average Bonchev–Trinajstić information content (AvgIpc) is 2.46. The predicted molar refractivity (Wildman–Crippen MR) is 70.8 cm³/mol. The highest BCUT2D eigenvalue weighted by Crippen LogP contribution is 2.28. The lowest BCUT2D eigenvalue weighted by molar-refractivity contribution is -0.139. The summed E-state index contributed by atoms with van der Waals surface area (Å²) in [5, 5.41) is 3.98. The molecule has 0 spiro atoms.